The lowest BCUT2D eigenvalue weighted by molar-refractivity contribution is -0.118. The maximum Gasteiger partial charge on any atom is 0.262 e. The summed E-state index contributed by atoms with van der Waals surface area (Å²) in [6.45, 7) is 6.78. The van der Waals surface area contributed by atoms with Crippen LogP contribution in [0.1, 0.15) is 38.7 Å². The van der Waals surface area contributed by atoms with Crippen molar-refractivity contribution in [3.05, 3.63) is 54.1 Å². The summed E-state index contributed by atoms with van der Waals surface area (Å²) in [5.41, 5.74) is 1.93. The lowest BCUT2D eigenvalue weighted by Gasteiger charge is -2.12. The minimum absolute atomic E-state index is 0.0386. The van der Waals surface area contributed by atoms with E-state index in [2.05, 4.69) is 19.2 Å². The summed E-state index contributed by atoms with van der Waals surface area (Å²) in [6.07, 6.45) is 1.10. The summed E-state index contributed by atoms with van der Waals surface area (Å²) in [4.78, 5) is 12.1. The molecule has 2 rings (SSSR count). The first-order valence-electron chi connectivity index (χ1n) is 8.38. The first-order chi connectivity index (χ1) is 11.6. The molecule has 1 atom stereocenters. The highest BCUT2D eigenvalue weighted by Crippen LogP contribution is 2.24. The third-order valence-electron chi connectivity index (χ3n) is 3.89. The molecule has 0 unspecified atom stereocenters. The quantitative estimate of drug-likeness (QED) is 0.770. The molecule has 0 aliphatic rings. The summed E-state index contributed by atoms with van der Waals surface area (Å²) >= 11 is 0. The Hall–Kier alpha value is -2.49. The third kappa shape index (κ3) is 5.01. The van der Waals surface area contributed by atoms with Crippen LogP contribution in [-0.4, -0.2) is 19.1 Å². The topological polar surface area (TPSA) is 47.6 Å². The highest BCUT2D eigenvalue weighted by molar-refractivity contribution is 5.93. The maximum absolute atomic E-state index is 12.1. The summed E-state index contributed by atoms with van der Waals surface area (Å²) < 4.78 is 11.0. The van der Waals surface area contributed by atoms with Gasteiger partial charge in [-0.15, -0.1) is 0 Å². The number of para-hydroxylation sites is 2. The van der Waals surface area contributed by atoms with Gasteiger partial charge in [0.1, 0.15) is 11.5 Å². The van der Waals surface area contributed by atoms with Crippen LogP contribution in [0.3, 0.4) is 0 Å². The molecule has 0 fully saturated rings. The number of benzene rings is 2. The van der Waals surface area contributed by atoms with Crippen LogP contribution < -0.4 is 14.8 Å². The molecule has 4 nitrogen and oxygen atoms in total. The van der Waals surface area contributed by atoms with Gasteiger partial charge in [-0.05, 0) is 49.1 Å². The number of amides is 1. The van der Waals surface area contributed by atoms with Crippen molar-refractivity contribution < 1.29 is 14.3 Å². The number of carbonyl (C=O) groups excluding carboxylic acids is 1. The molecule has 2 aromatic carbocycles. The molecule has 4 heteroatoms. The highest BCUT2D eigenvalue weighted by Gasteiger charge is 2.08. The zero-order valence-corrected chi connectivity index (χ0v) is 14.5. The van der Waals surface area contributed by atoms with Gasteiger partial charge in [0.05, 0.1) is 12.3 Å². The van der Waals surface area contributed by atoms with Crippen LogP contribution in [0, 0.1) is 0 Å². The Balaban J connectivity index is 1.89. The number of ether oxygens (including phenoxy) is 2. The van der Waals surface area contributed by atoms with Crippen molar-refractivity contribution in [3.8, 4) is 11.5 Å². The van der Waals surface area contributed by atoms with Crippen LogP contribution in [0.2, 0.25) is 0 Å². The number of anilines is 1. The lowest BCUT2D eigenvalue weighted by atomic mass is 9.99. The Kier molecular flexibility index (Phi) is 6.67. The van der Waals surface area contributed by atoms with Gasteiger partial charge in [0.2, 0.25) is 0 Å². The standard InChI is InChI=1S/C20H25NO3/c1-4-15(3)16-10-12-17(13-11-16)24-14-20(22)21-18-8-6-7-9-19(18)23-5-2/h6-13,15H,4-5,14H2,1-3H3,(H,21,22)/t15-/m1/s1. The van der Waals surface area contributed by atoms with Crippen LogP contribution >= 0.6 is 0 Å². The van der Waals surface area contributed by atoms with Gasteiger partial charge in [0, 0.05) is 0 Å². The largest absolute Gasteiger partial charge is 0.492 e. The summed E-state index contributed by atoms with van der Waals surface area (Å²) in [7, 11) is 0. The predicted octanol–water partition coefficient (Wildman–Crippen LogP) is 4.62. The van der Waals surface area contributed by atoms with E-state index >= 15 is 0 Å². The van der Waals surface area contributed by atoms with E-state index in [1.165, 1.54) is 5.56 Å². The van der Waals surface area contributed by atoms with E-state index in [1.807, 2.05) is 55.5 Å². The number of nitrogens with one attached hydrogen (secondary N) is 1. The van der Waals surface area contributed by atoms with Crippen molar-refractivity contribution in [1.29, 1.82) is 0 Å². The number of hydrogen-bond donors (Lipinski definition) is 1. The van der Waals surface area contributed by atoms with E-state index in [0.29, 0.717) is 29.7 Å². The van der Waals surface area contributed by atoms with Gasteiger partial charge in [-0.1, -0.05) is 38.1 Å². The van der Waals surface area contributed by atoms with E-state index in [9.17, 15) is 4.79 Å². The van der Waals surface area contributed by atoms with Crippen molar-refractivity contribution in [2.24, 2.45) is 0 Å². The SMILES string of the molecule is CCOc1ccccc1NC(=O)COc1ccc([C@H](C)CC)cc1. The normalized spacial score (nSPS) is 11.6. The fourth-order valence-electron chi connectivity index (χ4n) is 2.31. The van der Waals surface area contributed by atoms with Crippen LogP contribution in [-0.2, 0) is 4.79 Å². The molecule has 0 saturated heterocycles. The van der Waals surface area contributed by atoms with Crippen LogP contribution in [0.5, 0.6) is 11.5 Å². The minimum Gasteiger partial charge on any atom is -0.492 e. The predicted molar refractivity (Wildman–Crippen MR) is 96.9 cm³/mol. The molecule has 1 amide bonds. The molecule has 0 aliphatic heterocycles. The molecule has 0 aromatic heterocycles. The summed E-state index contributed by atoms with van der Waals surface area (Å²) in [5.74, 6) is 1.66. The zero-order chi connectivity index (χ0) is 17.4. The zero-order valence-electron chi connectivity index (χ0n) is 14.5. The van der Waals surface area contributed by atoms with Crippen molar-refractivity contribution in [2.75, 3.05) is 18.5 Å². The summed E-state index contributed by atoms with van der Waals surface area (Å²) in [6, 6.07) is 15.3. The lowest BCUT2D eigenvalue weighted by Crippen LogP contribution is -2.20. The average molecular weight is 327 g/mol. The van der Waals surface area contributed by atoms with Gasteiger partial charge in [-0.3, -0.25) is 4.79 Å². The average Bonchev–Trinajstić information content (AvgIpc) is 2.61. The molecule has 0 heterocycles. The van der Waals surface area contributed by atoms with Gasteiger partial charge in [0.15, 0.2) is 6.61 Å². The molecule has 0 saturated carbocycles. The first-order valence-corrected chi connectivity index (χ1v) is 8.38. The van der Waals surface area contributed by atoms with Gasteiger partial charge in [0.25, 0.3) is 5.91 Å². The van der Waals surface area contributed by atoms with Gasteiger partial charge in [-0.25, -0.2) is 0 Å². The van der Waals surface area contributed by atoms with Gasteiger partial charge in [-0.2, -0.15) is 0 Å². The Morgan fingerprint density at radius 3 is 2.42 bits per heavy atom. The molecule has 0 bridgehead atoms. The Morgan fingerprint density at radius 2 is 1.75 bits per heavy atom. The smallest absolute Gasteiger partial charge is 0.262 e. The van der Waals surface area contributed by atoms with Crippen molar-refractivity contribution in [1.82, 2.24) is 0 Å². The van der Waals surface area contributed by atoms with Crippen LogP contribution in [0.25, 0.3) is 0 Å². The van der Waals surface area contributed by atoms with Crippen LogP contribution in [0.15, 0.2) is 48.5 Å². The third-order valence-corrected chi connectivity index (χ3v) is 3.89. The van der Waals surface area contributed by atoms with E-state index in [1.54, 1.807) is 0 Å². The maximum atomic E-state index is 12.1. The Bertz CT molecular complexity index is 652. The van der Waals surface area contributed by atoms with Crippen molar-refractivity contribution in [2.45, 2.75) is 33.1 Å². The fraction of sp³-hybridized carbons (Fsp3) is 0.350. The second-order valence-electron chi connectivity index (χ2n) is 5.64. The molecular formula is C20H25NO3. The molecule has 0 radical (unpaired) electrons. The number of hydrogen-bond acceptors (Lipinski definition) is 3. The number of carbonyl (C=O) groups is 1. The van der Waals surface area contributed by atoms with E-state index in [0.717, 1.165) is 6.42 Å². The highest BCUT2D eigenvalue weighted by atomic mass is 16.5. The Morgan fingerprint density at radius 1 is 1.04 bits per heavy atom. The van der Waals surface area contributed by atoms with E-state index in [-0.39, 0.29) is 12.5 Å². The fourth-order valence-corrected chi connectivity index (χ4v) is 2.31. The molecule has 1 N–H and O–H groups in total. The molecule has 2 aromatic rings. The summed E-state index contributed by atoms with van der Waals surface area (Å²) in [5, 5.41) is 2.82. The van der Waals surface area contributed by atoms with Crippen molar-refractivity contribution in [3.63, 3.8) is 0 Å². The van der Waals surface area contributed by atoms with E-state index in [4.69, 9.17) is 9.47 Å². The molecule has 0 aliphatic carbocycles. The molecule has 128 valence electrons. The minimum atomic E-state index is -0.215. The van der Waals surface area contributed by atoms with Crippen LogP contribution in [0.4, 0.5) is 5.69 Å². The number of rotatable bonds is 8. The molecular weight excluding hydrogens is 302 g/mol. The first kappa shape index (κ1) is 17.9. The second kappa shape index (κ2) is 8.96. The second-order valence-corrected chi connectivity index (χ2v) is 5.64. The van der Waals surface area contributed by atoms with Gasteiger partial charge < -0.3 is 14.8 Å². The van der Waals surface area contributed by atoms with Crippen molar-refractivity contribution >= 4 is 11.6 Å². The monoisotopic (exact) mass is 327 g/mol. The van der Waals surface area contributed by atoms with E-state index < -0.39 is 0 Å². The molecule has 0 spiro atoms. The van der Waals surface area contributed by atoms with Gasteiger partial charge >= 0.3 is 0 Å². The Labute approximate surface area is 143 Å². The molecule has 24 heavy (non-hydrogen) atoms.